The number of aromatic amines is 1. The van der Waals surface area contributed by atoms with Crippen LogP contribution >= 0.6 is 0 Å². The molecule has 4 heteroatoms. The van der Waals surface area contributed by atoms with Crippen molar-refractivity contribution in [2.75, 3.05) is 7.11 Å². The Morgan fingerprint density at radius 1 is 1.33 bits per heavy atom. The lowest BCUT2D eigenvalue weighted by Gasteiger charge is -2.10. The van der Waals surface area contributed by atoms with E-state index in [2.05, 4.69) is 24.0 Å². The van der Waals surface area contributed by atoms with E-state index in [0.717, 1.165) is 28.3 Å². The fourth-order valence-electron chi connectivity index (χ4n) is 2.05. The van der Waals surface area contributed by atoms with E-state index in [1.807, 2.05) is 13.0 Å². The number of rotatable bonds is 3. The molecule has 2 aromatic rings. The monoisotopic (exact) mass is 246 g/mol. The molecule has 0 unspecified atom stereocenters. The molecule has 0 radical (unpaired) electrons. The van der Waals surface area contributed by atoms with Crippen LogP contribution in [-0.4, -0.2) is 22.4 Å². The molecule has 0 spiro atoms. The zero-order valence-corrected chi connectivity index (χ0v) is 11.1. The maximum atomic E-state index is 10.0. The highest BCUT2D eigenvalue weighted by atomic mass is 16.5. The van der Waals surface area contributed by atoms with Crippen molar-refractivity contribution in [1.29, 1.82) is 0 Å². The highest BCUT2D eigenvalue weighted by molar-refractivity contribution is 5.75. The Hall–Kier alpha value is -1.97. The van der Waals surface area contributed by atoms with E-state index in [0.29, 0.717) is 0 Å². The third-order valence-corrected chi connectivity index (χ3v) is 3.00. The molecule has 18 heavy (non-hydrogen) atoms. The first-order valence-electron chi connectivity index (χ1n) is 5.96. The predicted octanol–water partition coefficient (Wildman–Crippen LogP) is 3.22. The van der Waals surface area contributed by atoms with Gasteiger partial charge in [0.05, 0.1) is 12.8 Å². The number of methoxy groups -OCH3 is 1. The average molecular weight is 246 g/mol. The standard InChI is InChI=1S/C14H18N2O2/c1-8(2)14-13(9(3)15-16-14)11-7-10(18-4)5-6-12(11)17/h5-8,17H,1-4H3,(H,15,16). The second-order valence-corrected chi connectivity index (χ2v) is 4.65. The Morgan fingerprint density at radius 3 is 2.67 bits per heavy atom. The van der Waals surface area contributed by atoms with Gasteiger partial charge in [0.2, 0.25) is 0 Å². The molecular weight excluding hydrogens is 228 g/mol. The van der Waals surface area contributed by atoms with Crippen molar-refractivity contribution in [3.05, 3.63) is 29.6 Å². The van der Waals surface area contributed by atoms with Gasteiger partial charge in [-0.2, -0.15) is 5.10 Å². The lowest BCUT2D eigenvalue weighted by Crippen LogP contribution is -1.92. The van der Waals surface area contributed by atoms with Crippen LogP contribution in [-0.2, 0) is 0 Å². The maximum absolute atomic E-state index is 10.0. The molecule has 2 rings (SSSR count). The van der Waals surface area contributed by atoms with Crippen molar-refractivity contribution in [3.63, 3.8) is 0 Å². The number of aromatic nitrogens is 2. The van der Waals surface area contributed by atoms with E-state index in [1.165, 1.54) is 0 Å². The highest BCUT2D eigenvalue weighted by Crippen LogP contribution is 2.37. The molecule has 0 saturated heterocycles. The fraction of sp³-hybridized carbons (Fsp3) is 0.357. The van der Waals surface area contributed by atoms with Gasteiger partial charge in [0.25, 0.3) is 0 Å². The maximum Gasteiger partial charge on any atom is 0.123 e. The van der Waals surface area contributed by atoms with Crippen LogP contribution in [0.4, 0.5) is 0 Å². The molecule has 2 N–H and O–H groups in total. The lowest BCUT2D eigenvalue weighted by molar-refractivity contribution is 0.412. The topological polar surface area (TPSA) is 58.1 Å². The summed E-state index contributed by atoms with van der Waals surface area (Å²) in [5.41, 5.74) is 3.61. The van der Waals surface area contributed by atoms with E-state index < -0.39 is 0 Å². The van der Waals surface area contributed by atoms with E-state index in [4.69, 9.17) is 4.74 Å². The average Bonchev–Trinajstić information content (AvgIpc) is 2.72. The largest absolute Gasteiger partial charge is 0.507 e. The zero-order chi connectivity index (χ0) is 13.3. The SMILES string of the molecule is COc1ccc(O)c(-c2c(C(C)C)n[nH]c2C)c1. The Labute approximate surface area is 107 Å². The number of phenols is 1. The van der Waals surface area contributed by atoms with Crippen LogP contribution in [0.3, 0.4) is 0 Å². The first kappa shape index (κ1) is 12.5. The van der Waals surface area contributed by atoms with Crippen molar-refractivity contribution < 1.29 is 9.84 Å². The molecule has 4 nitrogen and oxygen atoms in total. The fourth-order valence-corrected chi connectivity index (χ4v) is 2.05. The van der Waals surface area contributed by atoms with Crippen LogP contribution in [0.2, 0.25) is 0 Å². The third-order valence-electron chi connectivity index (χ3n) is 3.00. The predicted molar refractivity (Wildman–Crippen MR) is 71.1 cm³/mol. The van der Waals surface area contributed by atoms with Crippen molar-refractivity contribution in [3.8, 4) is 22.6 Å². The van der Waals surface area contributed by atoms with Gasteiger partial charge in [0.1, 0.15) is 11.5 Å². The number of aryl methyl sites for hydroxylation is 1. The molecule has 1 aromatic carbocycles. The summed E-state index contributed by atoms with van der Waals surface area (Å²) in [6.45, 7) is 6.11. The van der Waals surface area contributed by atoms with Gasteiger partial charge < -0.3 is 9.84 Å². The van der Waals surface area contributed by atoms with Crippen molar-refractivity contribution >= 4 is 0 Å². The summed E-state index contributed by atoms with van der Waals surface area (Å²) in [5.74, 6) is 1.25. The molecular formula is C14H18N2O2. The summed E-state index contributed by atoms with van der Waals surface area (Å²) < 4.78 is 5.21. The summed E-state index contributed by atoms with van der Waals surface area (Å²) in [4.78, 5) is 0. The Bertz CT molecular complexity index is 559. The van der Waals surface area contributed by atoms with Gasteiger partial charge in [-0.1, -0.05) is 13.8 Å². The van der Waals surface area contributed by atoms with Crippen LogP contribution in [0.1, 0.15) is 31.2 Å². The molecule has 1 aromatic heterocycles. The summed E-state index contributed by atoms with van der Waals surface area (Å²) in [7, 11) is 1.61. The first-order chi connectivity index (χ1) is 8.54. The van der Waals surface area contributed by atoms with Crippen molar-refractivity contribution in [2.24, 2.45) is 0 Å². The van der Waals surface area contributed by atoms with E-state index in [1.54, 1.807) is 19.2 Å². The lowest BCUT2D eigenvalue weighted by atomic mass is 9.97. The molecule has 1 heterocycles. The van der Waals surface area contributed by atoms with E-state index in [9.17, 15) is 5.11 Å². The van der Waals surface area contributed by atoms with Crippen molar-refractivity contribution in [2.45, 2.75) is 26.7 Å². The smallest absolute Gasteiger partial charge is 0.123 e. The molecule has 0 atom stereocenters. The van der Waals surface area contributed by atoms with Gasteiger partial charge in [0, 0.05) is 16.8 Å². The molecule has 0 aliphatic rings. The molecule has 0 amide bonds. The van der Waals surface area contributed by atoms with Gasteiger partial charge in [-0.05, 0) is 31.0 Å². The first-order valence-corrected chi connectivity index (χ1v) is 5.96. The number of benzene rings is 1. The molecule has 0 saturated carbocycles. The number of H-pyrrole nitrogens is 1. The van der Waals surface area contributed by atoms with Gasteiger partial charge in [-0.15, -0.1) is 0 Å². The quantitative estimate of drug-likeness (QED) is 0.874. The van der Waals surface area contributed by atoms with Gasteiger partial charge in [-0.3, -0.25) is 5.10 Å². The molecule has 0 aliphatic carbocycles. The van der Waals surface area contributed by atoms with Gasteiger partial charge in [0.15, 0.2) is 0 Å². The second kappa shape index (κ2) is 4.72. The summed E-state index contributed by atoms with van der Waals surface area (Å²) in [6.07, 6.45) is 0. The summed E-state index contributed by atoms with van der Waals surface area (Å²) >= 11 is 0. The highest BCUT2D eigenvalue weighted by Gasteiger charge is 2.18. The van der Waals surface area contributed by atoms with Crippen molar-refractivity contribution in [1.82, 2.24) is 10.2 Å². The van der Waals surface area contributed by atoms with Gasteiger partial charge >= 0.3 is 0 Å². The molecule has 0 fully saturated rings. The molecule has 0 bridgehead atoms. The normalized spacial score (nSPS) is 10.9. The second-order valence-electron chi connectivity index (χ2n) is 4.65. The summed E-state index contributed by atoms with van der Waals surface area (Å²) in [5, 5.41) is 17.3. The minimum atomic E-state index is 0.238. The van der Waals surface area contributed by atoms with Crippen LogP contribution in [0.5, 0.6) is 11.5 Å². The number of nitrogens with zero attached hydrogens (tertiary/aromatic N) is 1. The Balaban J connectivity index is 2.64. The van der Waals surface area contributed by atoms with Crippen LogP contribution in [0.25, 0.3) is 11.1 Å². The minimum Gasteiger partial charge on any atom is -0.507 e. The van der Waals surface area contributed by atoms with Crippen LogP contribution in [0, 0.1) is 6.92 Å². The van der Waals surface area contributed by atoms with E-state index >= 15 is 0 Å². The van der Waals surface area contributed by atoms with Crippen LogP contribution < -0.4 is 4.74 Å². The van der Waals surface area contributed by atoms with Crippen LogP contribution in [0.15, 0.2) is 18.2 Å². The molecule has 0 aliphatic heterocycles. The number of nitrogens with one attached hydrogen (secondary N) is 1. The number of hydrogen-bond donors (Lipinski definition) is 2. The number of ether oxygens (including phenoxy) is 1. The Morgan fingerprint density at radius 2 is 2.06 bits per heavy atom. The molecule has 96 valence electrons. The van der Waals surface area contributed by atoms with Gasteiger partial charge in [-0.25, -0.2) is 0 Å². The number of phenolic OH excluding ortho intramolecular Hbond substituents is 1. The third kappa shape index (κ3) is 2.06. The van der Waals surface area contributed by atoms with E-state index in [-0.39, 0.29) is 11.7 Å². The minimum absolute atomic E-state index is 0.238. The number of aromatic hydroxyl groups is 1. The zero-order valence-electron chi connectivity index (χ0n) is 11.1. The Kier molecular flexibility index (Phi) is 3.28. The summed E-state index contributed by atoms with van der Waals surface area (Å²) in [6, 6.07) is 5.22. The number of hydrogen-bond acceptors (Lipinski definition) is 3.